The second kappa shape index (κ2) is 8.35. The predicted octanol–water partition coefficient (Wildman–Crippen LogP) is 3.40. The van der Waals surface area contributed by atoms with Gasteiger partial charge >= 0.3 is 0 Å². The van der Waals surface area contributed by atoms with Gasteiger partial charge in [-0.15, -0.1) is 0 Å². The Labute approximate surface area is 124 Å². The lowest BCUT2D eigenvalue weighted by molar-refractivity contribution is 0.0392. The normalized spacial score (nSPS) is 24.3. The summed E-state index contributed by atoms with van der Waals surface area (Å²) in [5.74, 6) is 0. The molecule has 0 aliphatic heterocycles. The van der Waals surface area contributed by atoms with Gasteiger partial charge in [0.15, 0.2) is 0 Å². The molecule has 1 atom stereocenters. The lowest BCUT2D eigenvalue weighted by atomic mass is 9.95. The van der Waals surface area contributed by atoms with Crippen LogP contribution < -0.4 is 5.32 Å². The predicted molar refractivity (Wildman–Crippen MR) is 82.9 cm³/mol. The summed E-state index contributed by atoms with van der Waals surface area (Å²) in [4.78, 5) is 0. The summed E-state index contributed by atoms with van der Waals surface area (Å²) < 4.78 is 6.02. The quantitative estimate of drug-likeness (QED) is 0.503. The van der Waals surface area contributed by atoms with Gasteiger partial charge in [-0.05, 0) is 51.9 Å². The van der Waals surface area contributed by atoms with E-state index in [0.29, 0.717) is 12.1 Å². The van der Waals surface area contributed by atoms with E-state index in [-0.39, 0.29) is 12.1 Å². The maximum Gasteiger partial charge on any atom is 0.0610 e. The Morgan fingerprint density at radius 2 is 1.75 bits per heavy atom. The highest BCUT2D eigenvalue weighted by atomic mass is 16.5. The maximum atomic E-state index is 9.56. The minimum atomic E-state index is -0.0799. The first-order valence-electron chi connectivity index (χ1n) is 8.72. The van der Waals surface area contributed by atoms with Crippen LogP contribution in [0.3, 0.4) is 0 Å². The number of ether oxygens (including phenoxy) is 1. The molecular formula is C17H33NO2. The first-order valence-corrected chi connectivity index (χ1v) is 8.72. The van der Waals surface area contributed by atoms with Gasteiger partial charge in [-0.3, -0.25) is 0 Å². The molecule has 3 heteroatoms. The van der Waals surface area contributed by atoms with Crippen molar-refractivity contribution < 1.29 is 9.84 Å². The molecule has 118 valence electrons. The van der Waals surface area contributed by atoms with E-state index in [1.54, 1.807) is 0 Å². The monoisotopic (exact) mass is 283 g/mol. The summed E-state index contributed by atoms with van der Waals surface area (Å²) in [7, 11) is 0. The first-order chi connectivity index (χ1) is 9.72. The summed E-state index contributed by atoms with van der Waals surface area (Å²) in [5, 5.41) is 13.1. The summed E-state index contributed by atoms with van der Waals surface area (Å²) >= 11 is 0. The van der Waals surface area contributed by atoms with Crippen molar-refractivity contribution in [3.8, 4) is 0 Å². The van der Waals surface area contributed by atoms with Crippen LogP contribution in [0.1, 0.15) is 77.6 Å². The fourth-order valence-electron chi connectivity index (χ4n) is 3.19. The van der Waals surface area contributed by atoms with Crippen molar-refractivity contribution in [3.63, 3.8) is 0 Å². The lowest BCUT2D eigenvalue weighted by Gasteiger charge is -2.29. The molecule has 0 saturated heterocycles. The Hall–Kier alpha value is -0.120. The van der Waals surface area contributed by atoms with Crippen molar-refractivity contribution in [2.75, 3.05) is 13.2 Å². The maximum absolute atomic E-state index is 9.56. The van der Waals surface area contributed by atoms with Gasteiger partial charge in [0.1, 0.15) is 0 Å². The molecule has 1 unspecified atom stereocenters. The Morgan fingerprint density at radius 1 is 1.05 bits per heavy atom. The molecule has 2 rings (SSSR count). The smallest absolute Gasteiger partial charge is 0.0610 e. The number of hydrogen-bond donors (Lipinski definition) is 2. The number of rotatable bonds is 9. The molecule has 20 heavy (non-hydrogen) atoms. The van der Waals surface area contributed by atoms with Crippen molar-refractivity contribution in [1.29, 1.82) is 0 Å². The van der Waals surface area contributed by atoms with Crippen molar-refractivity contribution in [2.45, 2.75) is 95.2 Å². The van der Waals surface area contributed by atoms with Gasteiger partial charge in [-0.25, -0.2) is 0 Å². The average molecular weight is 283 g/mol. The number of nitrogens with one attached hydrogen (secondary N) is 1. The van der Waals surface area contributed by atoms with Crippen LogP contribution in [0.5, 0.6) is 0 Å². The zero-order valence-electron chi connectivity index (χ0n) is 13.2. The summed E-state index contributed by atoms with van der Waals surface area (Å²) in [6.45, 7) is 3.29. The number of hydrogen-bond acceptors (Lipinski definition) is 3. The molecule has 2 aliphatic carbocycles. The fourth-order valence-corrected chi connectivity index (χ4v) is 3.19. The molecule has 0 radical (unpaired) electrons. The summed E-state index contributed by atoms with van der Waals surface area (Å²) in [5.41, 5.74) is -0.0799. The van der Waals surface area contributed by atoms with Crippen LogP contribution in [-0.4, -0.2) is 36.0 Å². The van der Waals surface area contributed by atoms with Crippen molar-refractivity contribution in [2.24, 2.45) is 0 Å². The zero-order chi connectivity index (χ0) is 14.3. The highest BCUT2D eigenvalue weighted by molar-refractivity contribution is 4.92. The summed E-state index contributed by atoms with van der Waals surface area (Å²) in [6, 6.07) is 0.661. The fraction of sp³-hybridized carbons (Fsp3) is 1.00. The third kappa shape index (κ3) is 6.11. The molecule has 0 amide bonds. The van der Waals surface area contributed by atoms with Crippen LogP contribution in [0, 0.1) is 0 Å². The molecule has 0 aromatic rings. The van der Waals surface area contributed by atoms with E-state index < -0.39 is 0 Å². The van der Waals surface area contributed by atoms with Crippen LogP contribution in [0.2, 0.25) is 0 Å². The van der Waals surface area contributed by atoms with E-state index in [0.717, 1.165) is 25.9 Å². The Balaban J connectivity index is 1.53. The van der Waals surface area contributed by atoms with Gasteiger partial charge in [0.05, 0.1) is 12.7 Å². The molecule has 2 fully saturated rings. The SMILES string of the molecule is CC(CO)(CCCCOC1CCCCCC1)NC1CC1. The first kappa shape index (κ1) is 16.3. The van der Waals surface area contributed by atoms with Gasteiger partial charge in [0.25, 0.3) is 0 Å². The van der Waals surface area contributed by atoms with E-state index in [9.17, 15) is 5.11 Å². The molecule has 2 saturated carbocycles. The second-order valence-corrected chi connectivity index (χ2v) is 7.08. The van der Waals surface area contributed by atoms with Crippen LogP contribution in [0.15, 0.2) is 0 Å². The van der Waals surface area contributed by atoms with E-state index in [1.165, 1.54) is 51.4 Å². The van der Waals surface area contributed by atoms with Crippen LogP contribution >= 0.6 is 0 Å². The second-order valence-electron chi connectivity index (χ2n) is 7.08. The Morgan fingerprint density at radius 3 is 2.35 bits per heavy atom. The zero-order valence-corrected chi connectivity index (χ0v) is 13.2. The largest absolute Gasteiger partial charge is 0.394 e. The highest BCUT2D eigenvalue weighted by Crippen LogP contribution is 2.25. The van der Waals surface area contributed by atoms with Gasteiger partial charge in [-0.1, -0.05) is 25.7 Å². The van der Waals surface area contributed by atoms with Crippen molar-refractivity contribution >= 4 is 0 Å². The van der Waals surface area contributed by atoms with Gasteiger partial charge in [-0.2, -0.15) is 0 Å². The van der Waals surface area contributed by atoms with Gasteiger partial charge < -0.3 is 15.2 Å². The minimum Gasteiger partial charge on any atom is -0.394 e. The highest BCUT2D eigenvalue weighted by Gasteiger charge is 2.31. The van der Waals surface area contributed by atoms with Crippen LogP contribution in [0.25, 0.3) is 0 Å². The van der Waals surface area contributed by atoms with Crippen molar-refractivity contribution in [1.82, 2.24) is 5.32 Å². The lowest BCUT2D eigenvalue weighted by Crippen LogP contribution is -2.46. The molecule has 0 bridgehead atoms. The molecular weight excluding hydrogens is 250 g/mol. The standard InChI is InChI=1S/C17H33NO2/c1-17(14-19,18-15-10-11-15)12-6-7-13-20-16-8-4-2-3-5-9-16/h15-16,18-19H,2-14H2,1H3. The third-order valence-electron chi connectivity index (χ3n) is 4.76. The molecule has 2 aliphatic rings. The van der Waals surface area contributed by atoms with Crippen LogP contribution in [-0.2, 0) is 4.74 Å². The average Bonchev–Trinajstić information content (AvgIpc) is 3.26. The molecule has 0 aromatic carbocycles. The molecule has 3 nitrogen and oxygen atoms in total. The van der Waals surface area contributed by atoms with Gasteiger partial charge in [0.2, 0.25) is 0 Å². The van der Waals surface area contributed by atoms with Crippen LogP contribution in [0.4, 0.5) is 0 Å². The molecule has 0 aromatic heterocycles. The topological polar surface area (TPSA) is 41.5 Å². The Kier molecular flexibility index (Phi) is 6.79. The number of aliphatic hydroxyl groups is 1. The summed E-state index contributed by atoms with van der Waals surface area (Å²) in [6.07, 6.45) is 14.4. The number of unbranched alkanes of at least 4 members (excludes halogenated alkanes) is 1. The van der Waals surface area contributed by atoms with E-state index in [4.69, 9.17) is 4.74 Å². The molecule has 0 heterocycles. The molecule has 2 N–H and O–H groups in total. The number of aliphatic hydroxyl groups excluding tert-OH is 1. The van der Waals surface area contributed by atoms with E-state index in [2.05, 4.69) is 12.2 Å². The Bertz CT molecular complexity index is 260. The third-order valence-corrected chi connectivity index (χ3v) is 4.76. The minimum absolute atomic E-state index is 0.0799. The van der Waals surface area contributed by atoms with E-state index >= 15 is 0 Å². The molecule has 0 spiro atoms. The van der Waals surface area contributed by atoms with E-state index in [1.807, 2.05) is 0 Å². The van der Waals surface area contributed by atoms with Crippen molar-refractivity contribution in [3.05, 3.63) is 0 Å². The van der Waals surface area contributed by atoms with Gasteiger partial charge in [0, 0.05) is 18.2 Å².